The van der Waals surface area contributed by atoms with Crippen molar-refractivity contribution in [1.29, 1.82) is 0 Å². The van der Waals surface area contributed by atoms with Crippen LogP contribution in [-0.2, 0) is 11.8 Å². The molecule has 0 fully saturated rings. The molecule has 0 bridgehead atoms. The minimum absolute atomic E-state index is 0.136. The third-order valence-electron chi connectivity index (χ3n) is 4.15. The van der Waals surface area contributed by atoms with Gasteiger partial charge in [0, 0.05) is 43.5 Å². The van der Waals surface area contributed by atoms with Crippen molar-refractivity contribution in [1.82, 2.24) is 29.9 Å². The second kappa shape index (κ2) is 6.14. The number of aromatic amines is 1. The number of aromatic nitrogens is 6. The second-order valence-corrected chi connectivity index (χ2v) is 6.08. The normalized spacial score (nSPS) is 12.8. The molecule has 3 aromatic heterocycles. The van der Waals surface area contributed by atoms with Gasteiger partial charge in [-0.25, -0.2) is 9.67 Å². The summed E-state index contributed by atoms with van der Waals surface area (Å²) in [6.45, 7) is 2.62. The summed E-state index contributed by atoms with van der Waals surface area (Å²) in [6.07, 6.45) is 3.79. The maximum atomic E-state index is 5.13. The molecule has 128 valence electrons. The molecule has 1 aromatic carbocycles. The van der Waals surface area contributed by atoms with Crippen molar-refractivity contribution < 1.29 is 4.74 Å². The zero-order chi connectivity index (χ0) is 17.4. The van der Waals surface area contributed by atoms with Crippen LogP contribution in [0.2, 0.25) is 0 Å². The maximum Gasteiger partial charge on any atom is 0.224 e. The Bertz CT molecular complexity index is 1040. The number of H-pyrrole nitrogens is 1. The molecule has 0 aliphatic rings. The van der Waals surface area contributed by atoms with Gasteiger partial charge in [-0.3, -0.25) is 0 Å². The standard InChI is InChI=1S/C17H19N7O/c1-10(9-25-3)20-17-19-8-13-12(7-18-16(13)21-17)11-4-5-14-15(6-11)24(2)23-22-14/h4-8,10H,9H2,1-3H3,(H2,18,19,20,21). The van der Waals surface area contributed by atoms with E-state index in [-0.39, 0.29) is 6.04 Å². The van der Waals surface area contributed by atoms with E-state index >= 15 is 0 Å². The minimum Gasteiger partial charge on any atom is -0.383 e. The fourth-order valence-electron chi connectivity index (χ4n) is 2.93. The molecule has 0 saturated carbocycles. The van der Waals surface area contributed by atoms with Crippen LogP contribution in [0.3, 0.4) is 0 Å². The zero-order valence-corrected chi connectivity index (χ0v) is 14.3. The van der Waals surface area contributed by atoms with E-state index in [0.717, 1.165) is 33.2 Å². The summed E-state index contributed by atoms with van der Waals surface area (Å²) in [5, 5.41) is 12.4. The smallest absolute Gasteiger partial charge is 0.224 e. The summed E-state index contributed by atoms with van der Waals surface area (Å²) in [5.41, 5.74) is 4.77. The molecule has 0 amide bonds. The number of nitrogens with zero attached hydrogens (tertiary/aromatic N) is 5. The SMILES string of the molecule is COCC(C)Nc1ncc2c(-c3ccc4nnn(C)c4c3)c[nH]c2n1. The highest BCUT2D eigenvalue weighted by Gasteiger charge is 2.12. The largest absolute Gasteiger partial charge is 0.383 e. The first kappa shape index (κ1) is 15.5. The van der Waals surface area contributed by atoms with Crippen molar-refractivity contribution in [3.05, 3.63) is 30.6 Å². The van der Waals surface area contributed by atoms with Gasteiger partial charge in [-0.1, -0.05) is 11.3 Å². The van der Waals surface area contributed by atoms with Crippen molar-refractivity contribution >= 4 is 28.0 Å². The van der Waals surface area contributed by atoms with E-state index in [0.29, 0.717) is 12.6 Å². The molecule has 3 heterocycles. The van der Waals surface area contributed by atoms with E-state index in [9.17, 15) is 0 Å². The van der Waals surface area contributed by atoms with E-state index < -0.39 is 0 Å². The molecule has 0 radical (unpaired) electrons. The van der Waals surface area contributed by atoms with E-state index in [1.807, 2.05) is 38.5 Å². The molecule has 8 heteroatoms. The Labute approximate surface area is 144 Å². The van der Waals surface area contributed by atoms with Gasteiger partial charge < -0.3 is 15.0 Å². The second-order valence-electron chi connectivity index (χ2n) is 6.08. The average molecular weight is 337 g/mol. The van der Waals surface area contributed by atoms with E-state index in [1.165, 1.54) is 0 Å². The molecule has 1 unspecified atom stereocenters. The van der Waals surface area contributed by atoms with Crippen LogP contribution in [0.1, 0.15) is 6.92 Å². The van der Waals surface area contributed by atoms with E-state index in [2.05, 4.69) is 36.6 Å². The number of nitrogens with one attached hydrogen (secondary N) is 2. The van der Waals surface area contributed by atoms with Crippen LogP contribution < -0.4 is 5.32 Å². The first-order valence-corrected chi connectivity index (χ1v) is 8.05. The van der Waals surface area contributed by atoms with E-state index in [4.69, 9.17) is 4.74 Å². The average Bonchev–Trinajstić information content (AvgIpc) is 3.18. The predicted molar refractivity (Wildman–Crippen MR) is 96.4 cm³/mol. The third-order valence-corrected chi connectivity index (χ3v) is 4.15. The lowest BCUT2D eigenvalue weighted by Crippen LogP contribution is -2.22. The highest BCUT2D eigenvalue weighted by molar-refractivity contribution is 5.95. The summed E-state index contributed by atoms with van der Waals surface area (Å²) in [6, 6.07) is 6.22. The van der Waals surface area contributed by atoms with Crippen molar-refractivity contribution in [2.24, 2.45) is 7.05 Å². The molecule has 0 saturated heterocycles. The van der Waals surface area contributed by atoms with Crippen LogP contribution in [0.5, 0.6) is 0 Å². The summed E-state index contributed by atoms with van der Waals surface area (Å²) >= 11 is 0. The quantitative estimate of drug-likeness (QED) is 0.581. The number of aryl methyl sites for hydroxylation is 1. The number of hydrogen-bond acceptors (Lipinski definition) is 6. The number of benzene rings is 1. The summed E-state index contributed by atoms with van der Waals surface area (Å²) < 4.78 is 6.89. The third kappa shape index (κ3) is 2.80. The number of fused-ring (bicyclic) bond motifs is 2. The van der Waals surface area contributed by atoms with Gasteiger partial charge in [0.25, 0.3) is 0 Å². The molecule has 0 aliphatic heterocycles. The summed E-state index contributed by atoms with van der Waals surface area (Å²) in [4.78, 5) is 12.2. The lowest BCUT2D eigenvalue weighted by Gasteiger charge is -2.12. The highest BCUT2D eigenvalue weighted by atomic mass is 16.5. The van der Waals surface area contributed by atoms with Crippen molar-refractivity contribution in [3.8, 4) is 11.1 Å². The van der Waals surface area contributed by atoms with Crippen LogP contribution >= 0.6 is 0 Å². The number of ether oxygens (including phenoxy) is 1. The Morgan fingerprint density at radius 2 is 2.24 bits per heavy atom. The predicted octanol–water partition coefficient (Wildman–Crippen LogP) is 2.35. The zero-order valence-electron chi connectivity index (χ0n) is 14.3. The maximum absolute atomic E-state index is 5.13. The number of rotatable bonds is 5. The van der Waals surface area contributed by atoms with Crippen molar-refractivity contribution in [2.75, 3.05) is 19.0 Å². The Kier molecular flexibility index (Phi) is 3.81. The first-order chi connectivity index (χ1) is 12.2. The monoisotopic (exact) mass is 337 g/mol. The molecule has 8 nitrogen and oxygen atoms in total. The Morgan fingerprint density at radius 1 is 1.36 bits per heavy atom. The fourth-order valence-corrected chi connectivity index (χ4v) is 2.93. The molecule has 4 aromatic rings. The van der Waals surface area contributed by atoms with Gasteiger partial charge >= 0.3 is 0 Å². The van der Waals surface area contributed by atoms with Crippen LogP contribution in [0.15, 0.2) is 30.6 Å². The molecule has 25 heavy (non-hydrogen) atoms. The van der Waals surface area contributed by atoms with Crippen LogP contribution in [0.25, 0.3) is 33.2 Å². The number of hydrogen-bond donors (Lipinski definition) is 2. The van der Waals surface area contributed by atoms with Crippen LogP contribution in [-0.4, -0.2) is 49.7 Å². The molecule has 0 aliphatic carbocycles. The van der Waals surface area contributed by atoms with Gasteiger partial charge in [-0.05, 0) is 24.6 Å². The number of anilines is 1. The minimum atomic E-state index is 0.136. The van der Waals surface area contributed by atoms with Gasteiger partial charge in [0.15, 0.2) is 0 Å². The summed E-state index contributed by atoms with van der Waals surface area (Å²) in [7, 11) is 3.56. The number of methoxy groups -OCH3 is 1. The fraction of sp³-hybridized carbons (Fsp3) is 0.294. The van der Waals surface area contributed by atoms with Gasteiger partial charge in [0.05, 0.1) is 12.1 Å². The molecular formula is C17H19N7O. The van der Waals surface area contributed by atoms with Crippen LogP contribution in [0.4, 0.5) is 5.95 Å². The van der Waals surface area contributed by atoms with Crippen molar-refractivity contribution in [3.63, 3.8) is 0 Å². The topological polar surface area (TPSA) is 93.5 Å². The van der Waals surface area contributed by atoms with Gasteiger partial charge in [-0.2, -0.15) is 4.98 Å². The highest BCUT2D eigenvalue weighted by Crippen LogP contribution is 2.29. The van der Waals surface area contributed by atoms with Gasteiger partial charge in [0.2, 0.25) is 5.95 Å². The molecule has 4 rings (SSSR count). The Morgan fingerprint density at radius 3 is 3.08 bits per heavy atom. The van der Waals surface area contributed by atoms with Crippen molar-refractivity contribution in [2.45, 2.75) is 13.0 Å². The van der Waals surface area contributed by atoms with Crippen LogP contribution in [0, 0.1) is 0 Å². The summed E-state index contributed by atoms with van der Waals surface area (Å²) in [5.74, 6) is 0.580. The van der Waals surface area contributed by atoms with E-state index in [1.54, 1.807) is 11.8 Å². The van der Waals surface area contributed by atoms with Gasteiger partial charge in [0.1, 0.15) is 11.2 Å². The molecule has 2 N–H and O–H groups in total. The Hall–Kier alpha value is -3.00. The lowest BCUT2D eigenvalue weighted by molar-refractivity contribution is 0.190. The molecular weight excluding hydrogens is 318 g/mol. The van der Waals surface area contributed by atoms with Gasteiger partial charge in [-0.15, -0.1) is 5.10 Å². The lowest BCUT2D eigenvalue weighted by atomic mass is 10.1. The molecule has 0 spiro atoms. The first-order valence-electron chi connectivity index (χ1n) is 8.05. The Balaban J connectivity index is 1.71. The molecule has 1 atom stereocenters.